The van der Waals surface area contributed by atoms with Crippen molar-refractivity contribution in [1.82, 2.24) is 25.6 Å². The molecule has 1 aliphatic rings. The Kier molecular flexibility index (Phi) is 7.02. The summed E-state index contributed by atoms with van der Waals surface area (Å²) < 4.78 is 4.90. The second-order valence-corrected chi connectivity index (χ2v) is 6.71. The van der Waals surface area contributed by atoms with E-state index in [2.05, 4.69) is 30.6 Å². The third-order valence-corrected chi connectivity index (χ3v) is 4.74. The number of rotatable bonds is 6. The number of piperazine rings is 1. The molecule has 0 radical (unpaired) electrons. The summed E-state index contributed by atoms with van der Waals surface area (Å²) in [6.07, 6.45) is 1.61. The van der Waals surface area contributed by atoms with Crippen molar-refractivity contribution in [3.63, 3.8) is 0 Å². The number of benzene rings is 1. The zero-order chi connectivity index (χ0) is 19.8. The molecular formula is C20H28N6O2. The molecule has 2 N–H and O–H groups in total. The van der Waals surface area contributed by atoms with Gasteiger partial charge in [0.15, 0.2) is 5.96 Å². The quantitative estimate of drug-likeness (QED) is 0.577. The van der Waals surface area contributed by atoms with E-state index in [-0.39, 0.29) is 5.91 Å². The van der Waals surface area contributed by atoms with Crippen LogP contribution in [0.5, 0.6) is 0 Å². The maximum Gasteiger partial charge on any atom is 0.251 e. The van der Waals surface area contributed by atoms with Crippen LogP contribution in [0.3, 0.4) is 0 Å². The number of guanidine groups is 1. The van der Waals surface area contributed by atoms with Gasteiger partial charge in [0.25, 0.3) is 5.91 Å². The molecule has 1 fully saturated rings. The van der Waals surface area contributed by atoms with Crippen LogP contribution in [-0.2, 0) is 13.1 Å². The van der Waals surface area contributed by atoms with E-state index >= 15 is 0 Å². The topological polar surface area (TPSA) is 86.0 Å². The summed E-state index contributed by atoms with van der Waals surface area (Å²) in [7, 11) is 1.80. The Balaban J connectivity index is 1.50. The summed E-state index contributed by atoms with van der Waals surface area (Å²) in [5.74, 6) is 0.835. The monoisotopic (exact) mass is 384 g/mol. The van der Waals surface area contributed by atoms with Gasteiger partial charge in [0.1, 0.15) is 6.26 Å². The highest BCUT2D eigenvalue weighted by Crippen LogP contribution is 2.09. The van der Waals surface area contributed by atoms with Gasteiger partial charge in [0.2, 0.25) is 0 Å². The number of amides is 1. The average molecular weight is 384 g/mol. The summed E-state index contributed by atoms with van der Waals surface area (Å²) in [5, 5.41) is 10.2. The molecule has 1 amide bonds. The molecule has 2 heterocycles. The fraction of sp³-hybridized carbons (Fsp3) is 0.450. The molecule has 0 spiro atoms. The third kappa shape index (κ3) is 5.32. The first kappa shape index (κ1) is 19.9. The third-order valence-electron chi connectivity index (χ3n) is 4.74. The van der Waals surface area contributed by atoms with Crippen molar-refractivity contribution in [3.05, 3.63) is 53.4 Å². The summed E-state index contributed by atoms with van der Waals surface area (Å²) in [6, 6.07) is 9.58. The van der Waals surface area contributed by atoms with Gasteiger partial charge < -0.3 is 20.1 Å². The van der Waals surface area contributed by atoms with Gasteiger partial charge in [-0.05, 0) is 24.6 Å². The molecule has 0 unspecified atom stereocenters. The first-order valence-corrected chi connectivity index (χ1v) is 9.64. The van der Waals surface area contributed by atoms with Crippen molar-refractivity contribution >= 4 is 11.9 Å². The average Bonchev–Trinajstić information content (AvgIpc) is 3.23. The SMILES string of the molecule is CCNC(=O)c1cccc(CNC(=NC)N2CCN(Cc3ccon3)CC2)c1. The van der Waals surface area contributed by atoms with E-state index in [1.807, 2.05) is 37.3 Å². The van der Waals surface area contributed by atoms with Crippen LogP contribution in [0.4, 0.5) is 0 Å². The van der Waals surface area contributed by atoms with E-state index in [0.717, 1.165) is 49.9 Å². The number of nitrogens with zero attached hydrogens (tertiary/aromatic N) is 4. The molecule has 0 bridgehead atoms. The van der Waals surface area contributed by atoms with Crippen LogP contribution >= 0.6 is 0 Å². The second kappa shape index (κ2) is 9.89. The Labute approximate surface area is 165 Å². The first-order valence-electron chi connectivity index (χ1n) is 9.64. The fourth-order valence-electron chi connectivity index (χ4n) is 3.26. The smallest absolute Gasteiger partial charge is 0.251 e. The van der Waals surface area contributed by atoms with Crippen LogP contribution in [0.1, 0.15) is 28.5 Å². The summed E-state index contributed by atoms with van der Waals surface area (Å²) >= 11 is 0. The van der Waals surface area contributed by atoms with E-state index in [0.29, 0.717) is 18.7 Å². The number of nitrogens with one attached hydrogen (secondary N) is 2. The molecule has 0 aliphatic carbocycles. The van der Waals surface area contributed by atoms with Crippen LogP contribution in [0, 0.1) is 0 Å². The van der Waals surface area contributed by atoms with Crippen molar-refractivity contribution in [1.29, 1.82) is 0 Å². The van der Waals surface area contributed by atoms with Crippen LogP contribution in [0.25, 0.3) is 0 Å². The van der Waals surface area contributed by atoms with Crippen molar-refractivity contribution in [2.24, 2.45) is 4.99 Å². The summed E-state index contributed by atoms with van der Waals surface area (Å²) in [6.45, 7) is 7.66. The number of hydrogen-bond donors (Lipinski definition) is 2. The van der Waals surface area contributed by atoms with E-state index in [4.69, 9.17) is 4.52 Å². The van der Waals surface area contributed by atoms with E-state index in [1.165, 1.54) is 0 Å². The standard InChI is InChI=1S/C20H28N6O2/c1-3-22-19(27)17-6-4-5-16(13-17)14-23-20(21-2)26-10-8-25(9-11-26)15-18-7-12-28-24-18/h4-7,12-13H,3,8-11,14-15H2,1-2H3,(H,21,23)(H,22,27). The van der Waals surface area contributed by atoms with Gasteiger partial charge in [-0.15, -0.1) is 0 Å². The Bertz CT molecular complexity index is 782. The van der Waals surface area contributed by atoms with E-state index in [9.17, 15) is 4.79 Å². The molecule has 0 atom stereocenters. The molecule has 8 heteroatoms. The summed E-state index contributed by atoms with van der Waals surface area (Å²) in [5.41, 5.74) is 2.69. The lowest BCUT2D eigenvalue weighted by Crippen LogP contribution is -2.52. The van der Waals surface area contributed by atoms with Gasteiger partial charge in [0, 0.05) is 64.5 Å². The van der Waals surface area contributed by atoms with Gasteiger partial charge >= 0.3 is 0 Å². The van der Waals surface area contributed by atoms with Crippen molar-refractivity contribution < 1.29 is 9.32 Å². The highest BCUT2D eigenvalue weighted by molar-refractivity contribution is 5.94. The van der Waals surface area contributed by atoms with Gasteiger partial charge in [-0.2, -0.15) is 0 Å². The zero-order valence-electron chi connectivity index (χ0n) is 16.5. The number of aliphatic imine (C=N–C) groups is 1. The molecule has 1 aromatic carbocycles. The van der Waals surface area contributed by atoms with Gasteiger partial charge in [-0.25, -0.2) is 0 Å². The Hall–Kier alpha value is -2.87. The highest BCUT2D eigenvalue weighted by atomic mass is 16.5. The van der Waals surface area contributed by atoms with Gasteiger partial charge in [0.05, 0.1) is 5.69 Å². The number of carbonyl (C=O) groups excluding carboxylic acids is 1. The minimum Gasteiger partial charge on any atom is -0.364 e. The van der Waals surface area contributed by atoms with Crippen LogP contribution in [0.15, 0.2) is 46.1 Å². The van der Waals surface area contributed by atoms with Crippen molar-refractivity contribution in [2.75, 3.05) is 39.8 Å². The van der Waals surface area contributed by atoms with Crippen molar-refractivity contribution in [2.45, 2.75) is 20.0 Å². The minimum absolute atomic E-state index is 0.0445. The maximum atomic E-state index is 12.0. The van der Waals surface area contributed by atoms with Gasteiger partial charge in [-0.3, -0.25) is 14.7 Å². The number of aromatic nitrogens is 1. The van der Waals surface area contributed by atoms with Gasteiger partial charge in [-0.1, -0.05) is 17.3 Å². The lowest BCUT2D eigenvalue weighted by molar-refractivity contribution is 0.0955. The normalized spacial score (nSPS) is 15.5. The Morgan fingerprint density at radius 1 is 1.21 bits per heavy atom. The van der Waals surface area contributed by atoms with Crippen LogP contribution < -0.4 is 10.6 Å². The highest BCUT2D eigenvalue weighted by Gasteiger charge is 2.20. The molecule has 3 rings (SSSR count). The van der Waals surface area contributed by atoms with E-state index < -0.39 is 0 Å². The Morgan fingerprint density at radius 2 is 2.04 bits per heavy atom. The summed E-state index contributed by atoms with van der Waals surface area (Å²) in [4.78, 5) is 21.0. The zero-order valence-corrected chi connectivity index (χ0v) is 16.5. The second-order valence-electron chi connectivity index (χ2n) is 6.71. The van der Waals surface area contributed by atoms with Crippen molar-refractivity contribution in [3.8, 4) is 0 Å². The lowest BCUT2D eigenvalue weighted by atomic mass is 10.1. The predicted octanol–water partition coefficient (Wildman–Crippen LogP) is 1.32. The van der Waals surface area contributed by atoms with Crippen LogP contribution in [-0.4, -0.2) is 66.6 Å². The number of hydrogen-bond acceptors (Lipinski definition) is 5. The molecule has 8 nitrogen and oxygen atoms in total. The molecule has 1 aromatic heterocycles. The molecule has 1 aliphatic heterocycles. The molecule has 0 saturated carbocycles. The van der Waals surface area contributed by atoms with E-state index in [1.54, 1.807) is 13.3 Å². The lowest BCUT2D eigenvalue weighted by Gasteiger charge is -2.36. The molecule has 1 saturated heterocycles. The predicted molar refractivity (Wildman–Crippen MR) is 108 cm³/mol. The van der Waals surface area contributed by atoms with Crippen LogP contribution in [0.2, 0.25) is 0 Å². The molecular weight excluding hydrogens is 356 g/mol. The molecule has 2 aromatic rings. The maximum absolute atomic E-state index is 12.0. The first-order chi connectivity index (χ1) is 13.7. The Morgan fingerprint density at radius 3 is 2.71 bits per heavy atom. The molecule has 150 valence electrons. The fourth-order valence-corrected chi connectivity index (χ4v) is 3.26. The molecule has 28 heavy (non-hydrogen) atoms. The largest absolute Gasteiger partial charge is 0.364 e. The minimum atomic E-state index is -0.0445. The number of carbonyl (C=O) groups is 1.